The normalized spacial score (nSPS) is 19.7. The van der Waals surface area contributed by atoms with Crippen molar-refractivity contribution in [1.82, 2.24) is 4.90 Å². The molecule has 2 heteroatoms. The second-order valence-corrected chi connectivity index (χ2v) is 6.21. The van der Waals surface area contributed by atoms with Crippen molar-refractivity contribution in [2.75, 3.05) is 14.1 Å². The van der Waals surface area contributed by atoms with Crippen molar-refractivity contribution in [2.24, 2.45) is 5.92 Å². The predicted octanol–water partition coefficient (Wildman–Crippen LogP) is 4.14. The Morgan fingerprint density at radius 2 is 1.43 bits per heavy atom. The maximum atomic E-state index is 10.9. The highest BCUT2D eigenvalue weighted by Gasteiger charge is 2.31. The van der Waals surface area contributed by atoms with Crippen LogP contribution in [0.25, 0.3) is 0 Å². The van der Waals surface area contributed by atoms with E-state index in [-0.39, 0.29) is 12.0 Å². The minimum atomic E-state index is -0.521. The van der Waals surface area contributed by atoms with Crippen molar-refractivity contribution < 1.29 is 5.11 Å². The van der Waals surface area contributed by atoms with E-state index in [1.165, 1.54) is 11.1 Å². The molecular weight excluding hydrogens is 282 g/mol. The molecule has 0 saturated heterocycles. The maximum absolute atomic E-state index is 10.9. The van der Waals surface area contributed by atoms with Gasteiger partial charge in [-0.3, -0.25) is 4.90 Å². The van der Waals surface area contributed by atoms with E-state index >= 15 is 0 Å². The van der Waals surface area contributed by atoms with Gasteiger partial charge in [-0.15, -0.1) is 0 Å². The molecule has 1 aliphatic carbocycles. The summed E-state index contributed by atoms with van der Waals surface area (Å²) < 4.78 is 0. The van der Waals surface area contributed by atoms with Gasteiger partial charge in [0.15, 0.2) is 0 Å². The maximum Gasteiger partial charge on any atom is 0.0890 e. The summed E-state index contributed by atoms with van der Waals surface area (Å²) in [5.41, 5.74) is 3.44. The van der Waals surface area contributed by atoms with Crippen LogP contribution in [-0.2, 0) is 0 Å². The van der Waals surface area contributed by atoms with E-state index in [2.05, 4.69) is 61.5 Å². The van der Waals surface area contributed by atoms with Crippen molar-refractivity contribution in [3.8, 4) is 0 Å². The standard InChI is InChI=1S/C21H23NO/c1-22(2)20(16-10-5-3-6-11-16)18-14-9-15-19(18)21(23)17-12-7-4-8-13-17/h3-15,19-21,23H,1-2H3/t19?,20-,21+/m1/s1. The number of aliphatic hydroxyl groups is 1. The zero-order valence-corrected chi connectivity index (χ0v) is 13.6. The second-order valence-electron chi connectivity index (χ2n) is 6.21. The molecule has 1 N–H and O–H groups in total. The Labute approximate surface area is 138 Å². The summed E-state index contributed by atoms with van der Waals surface area (Å²) in [6.45, 7) is 0. The minimum absolute atomic E-state index is 0.00464. The molecule has 0 aromatic heterocycles. The molecule has 1 unspecified atom stereocenters. The quantitative estimate of drug-likeness (QED) is 0.897. The minimum Gasteiger partial charge on any atom is -0.387 e. The topological polar surface area (TPSA) is 23.5 Å². The average Bonchev–Trinajstić information content (AvgIpc) is 3.05. The molecule has 2 nitrogen and oxygen atoms in total. The van der Waals surface area contributed by atoms with Gasteiger partial charge in [0, 0.05) is 5.92 Å². The first-order valence-electron chi connectivity index (χ1n) is 8.01. The van der Waals surface area contributed by atoms with E-state index in [4.69, 9.17) is 0 Å². The summed E-state index contributed by atoms with van der Waals surface area (Å²) in [6.07, 6.45) is 5.79. The smallest absolute Gasteiger partial charge is 0.0890 e. The predicted molar refractivity (Wildman–Crippen MR) is 95.0 cm³/mol. The van der Waals surface area contributed by atoms with E-state index in [0.29, 0.717) is 0 Å². The molecule has 0 amide bonds. The molecule has 3 rings (SSSR count). The van der Waals surface area contributed by atoms with Gasteiger partial charge in [-0.2, -0.15) is 0 Å². The van der Waals surface area contributed by atoms with Gasteiger partial charge in [0.1, 0.15) is 0 Å². The SMILES string of the molecule is CN(C)[C@@H](C1=CC=CC1[C@@H](O)c1ccccc1)c1ccccc1. The Balaban J connectivity index is 1.92. The van der Waals surface area contributed by atoms with Gasteiger partial charge in [0.2, 0.25) is 0 Å². The fourth-order valence-corrected chi connectivity index (χ4v) is 3.35. The molecule has 0 fully saturated rings. The van der Waals surface area contributed by atoms with Crippen LogP contribution in [-0.4, -0.2) is 24.1 Å². The molecule has 0 bridgehead atoms. The second kappa shape index (κ2) is 6.95. The lowest BCUT2D eigenvalue weighted by molar-refractivity contribution is 0.139. The Morgan fingerprint density at radius 3 is 2.00 bits per heavy atom. The van der Waals surface area contributed by atoms with Crippen molar-refractivity contribution in [2.45, 2.75) is 12.1 Å². The summed E-state index contributed by atoms with van der Waals surface area (Å²) >= 11 is 0. The molecule has 2 aromatic carbocycles. The molecule has 0 aliphatic heterocycles. The number of nitrogens with zero attached hydrogens (tertiary/aromatic N) is 1. The molecule has 1 aliphatic rings. The van der Waals surface area contributed by atoms with Crippen LogP contribution in [0.1, 0.15) is 23.3 Å². The van der Waals surface area contributed by atoms with Crippen molar-refractivity contribution in [3.05, 3.63) is 95.6 Å². The van der Waals surface area contributed by atoms with Gasteiger partial charge in [-0.25, -0.2) is 0 Å². The summed E-state index contributed by atoms with van der Waals surface area (Å²) in [7, 11) is 4.17. The van der Waals surface area contributed by atoms with E-state index in [1.54, 1.807) is 0 Å². The van der Waals surface area contributed by atoms with Crippen LogP contribution >= 0.6 is 0 Å². The lowest BCUT2D eigenvalue weighted by Gasteiger charge is -2.32. The molecule has 2 aromatic rings. The van der Waals surface area contributed by atoms with Gasteiger partial charge in [0.25, 0.3) is 0 Å². The first kappa shape index (κ1) is 15.7. The fourth-order valence-electron chi connectivity index (χ4n) is 3.35. The van der Waals surface area contributed by atoms with Crippen LogP contribution in [0.2, 0.25) is 0 Å². The van der Waals surface area contributed by atoms with Gasteiger partial charge in [0.05, 0.1) is 12.1 Å². The lowest BCUT2D eigenvalue weighted by Crippen LogP contribution is -2.26. The number of hydrogen-bond acceptors (Lipinski definition) is 2. The van der Waals surface area contributed by atoms with E-state index in [1.807, 2.05) is 36.4 Å². The largest absolute Gasteiger partial charge is 0.387 e. The van der Waals surface area contributed by atoms with Crippen molar-refractivity contribution >= 4 is 0 Å². The zero-order chi connectivity index (χ0) is 16.2. The summed E-state index contributed by atoms with van der Waals surface area (Å²) in [5.74, 6) is 0.00464. The van der Waals surface area contributed by atoms with Crippen LogP contribution in [0.15, 0.2) is 84.5 Å². The third-order valence-corrected chi connectivity index (χ3v) is 4.42. The van der Waals surface area contributed by atoms with E-state index in [0.717, 1.165) is 5.56 Å². The molecular formula is C21H23NO. The Bertz CT molecular complexity index is 688. The molecule has 0 heterocycles. The third-order valence-electron chi connectivity index (χ3n) is 4.42. The van der Waals surface area contributed by atoms with Gasteiger partial charge in [-0.1, -0.05) is 78.9 Å². The Hall–Kier alpha value is -2.16. The molecule has 118 valence electrons. The number of aliphatic hydroxyl groups excluding tert-OH is 1. The Kier molecular flexibility index (Phi) is 4.75. The van der Waals surface area contributed by atoms with Crippen LogP contribution in [0.4, 0.5) is 0 Å². The third kappa shape index (κ3) is 3.29. The molecule has 23 heavy (non-hydrogen) atoms. The first-order valence-corrected chi connectivity index (χ1v) is 8.01. The fraction of sp³-hybridized carbons (Fsp3) is 0.238. The number of allylic oxidation sites excluding steroid dienone is 2. The lowest BCUT2D eigenvalue weighted by atomic mass is 9.84. The van der Waals surface area contributed by atoms with Crippen molar-refractivity contribution in [3.63, 3.8) is 0 Å². The van der Waals surface area contributed by atoms with Crippen LogP contribution in [0.3, 0.4) is 0 Å². The number of benzene rings is 2. The highest BCUT2D eigenvalue weighted by atomic mass is 16.3. The monoisotopic (exact) mass is 305 g/mol. The van der Waals surface area contributed by atoms with E-state index < -0.39 is 6.10 Å². The first-order chi connectivity index (χ1) is 11.2. The van der Waals surface area contributed by atoms with Crippen molar-refractivity contribution in [1.29, 1.82) is 0 Å². The van der Waals surface area contributed by atoms with Gasteiger partial charge >= 0.3 is 0 Å². The summed E-state index contributed by atoms with van der Waals surface area (Å²) in [6, 6.07) is 20.5. The highest BCUT2D eigenvalue weighted by molar-refractivity contribution is 5.39. The van der Waals surface area contributed by atoms with Gasteiger partial charge < -0.3 is 5.11 Å². The summed E-state index contributed by atoms with van der Waals surface area (Å²) in [4.78, 5) is 2.21. The van der Waals surface area contributed by atoms with Crippen LogP contribution < -0.4 is 0 Å². The Morgan fingerprint density at radius 1 is 0.870 bits per heavy atom. The highest BCUT2D eigenvalue weighted by Crippen LogP contribution is 2.41. The van der Waals surface area contributed by atoms with E-state index in [9.17, 15) is 5.11 Å². The van der Waals surface area contributed by atoms with Gasteiger partial charge in [-0.05, 0) is 30.8 Å². The number of rotatable bonds is 5. The zero-order valence-electron chi connectivity index (χ0n) is 13.6. The number of hydrogen-bond donors (Lipinski definition) is 1. The van der Waals surface area contributed by atoms with Crippen LogP contribution in [0.5, 0.6) is 0 Å². The molecule has 0 saturated carbocycles. The molecule has 3 atom stereocenters. The molecule has 0 radical (unpaired) electrons. The van der Waals surface area contributed by atoms with Crippen LogP contribution in [0, 0.1) is 5.92 Å². The molecule has 0 spiro atoms. The average molecular weight is 305 g/mol. The number of likely N-dealkylation sites (N-methyl/N-ethyl adjacent to an activating group) is 1. The summed E-state index contributed by atoms with van der Waals surface area (Å²) in [5, 5.41) is 10.9.